The van der Waals surface area contributed by atoms with E-state index >= 15 is 0 Å². The Hall–Kier alpha value is -1.01. The molecule has 1 unspecified atom stereocenters. The largest absolute Gasteiger partial charge is 0.122 e. The minimum absolute atomic E-state index is 0.516. The van der Waals surface area contributed by atoms with Gasteiger partial charge in [-0.25, -0.2) is 0 Å². The van der Waals surface area contributed by atoms with E-state index < -0.39 is 0 Å². The Kier molecular flexibility index (Phi) is 3.05. The van der Waals surface area contributed by atoms with Crippen molar-refractivity contribution in [1.82, 2.24) is 0 Å². The second-order valence-electron chi connectivity index (χ2n) is 3.38. The lowest BCUT2D eigenvalue weighted by Crippen LogP contribution is -1.90. The molecule has 1 aliphatic carbocycles. The SMILES string of the molecule is ClCC=CCC1C=Cc2cc[c]cc21. The van der Waals surface area contributed by atoms with Gasteiger partial charge in [-0.2, -0.15) is 0 Å². The fourth-order valence-corrected chi connectivity index (χ4v) is 1.89. The maximum atomic E-state index is 5.58. The van der Waals surface area contributed by atoms with E-state index in [2.05, 4.69) is 36.4 Å². The van der Waals surface area contributed by atoms with E-state index in [4.69, 9.17) is 11.6 Å². The van der Waals surface area contributed by atoms with Crippen molar-refractivity contribution in [1.29, 1.82) is 0 Å². The van der Waals surface area contributed by atoms with Crippen LogP contribution in [0.15, 0.2) is 36.4 Å². The average Bonchev–Trinajstić information content (AvgIpc) is 2.63. The molecule has 0 saturated heterocycles. The Balaban J connectivity index is 2.11. The first-order valence-electron chi connectivity index (χ1n) is 4.81. The van der Waals surface area contributed by atoms with Crippen LogP contribution in [0.1, 0.15) is 23.5 Å². The normalized spacial score (nSPS) is 19.1. The smallest absolute Gasteiger partial charge is 0.0404 e. The highest BCUT2D eigenvalue weighted by molar-refractivity contribution is 6.18. The molecule has 0 aliphatic heterocycles. The lowest BCUT2D eigenvalue weighted by Gasteiger charge is -2.06. The predicted molar refractivity (Wildman–Crippen MR) is 61.5 cm³/mol. The molecule has 1 aromatic rings. The molecule has 1 aromatic carbocycles. The van der Waals surface area contributed by atoms with Gasteiger partial charge in [-0.1, -0.05) is 36.4 Å². The van der Waals surface area contributed by atoms with Gasteiger partial charge in [-0.15, -0.1) is 11.6 Å². The van der Waals surface area contributed by atoms with Crippen LogP contribution in [-0.2, 0) is 0 Å². The van der Waals surface area contributed by atoms with E-state index in [-0.39, 0.29) is 0 Å². The number of benzene rings is 1. The molecule has 71 valence electrons. The van der Waals surface area contributed by atoms with Gasteiger partial charge in [0.2, 0.25) is 0 Å². The predicted octanol–water partition coefficient (Wildman–Crippen LogP) is 3.78. The Morgan fingerprint density at radius 3 is 3.21 bits per heavy atom. The molecule has 0 saturated carbocycles. The Morgan fingerprint density at radius 2 is 2.36 bits per heavy atom. The molecular weight excluding hydrogens is 192 g/mol. The molecule has 14 heavy (non-hydrogen) atoms. The summed E-state index contributed by atoms with van der Waals surface area (Å²) in [6.07, 6.45) is 9.61. The van der Waals surface area contributed by atoms with Gasteiger partial charge in [0.15, 0.2) is 0 Å². The third-order valence-electron chi connectivity index (χ3n) is 2.48. The zero-order valence-electron chi connectivity index (χ0n) is 7.91. The number of rotatable bonds is 3. The van der Waals surface area contributed by atoms with Crippen molar-refractivity contribution < 1.29 is 0 Å². The highest BCUT2D eigenvalue weighted by Gasteiger charge is 2.14. The summed E-state index contributed by atoms with van der Waals surface area (Å²) in [5, 5.41) is 0. The quantitative estimate of drug-likeness (QED) is 0.518. The van der Waals surface area contributed by atoms with Gasteiger partial charge in [0.25, 0.3) is 0 Å². The molecule has 0 fully saturated rings. The van der Waals surface area contributed by atoms with Crippen molar-refractivity contribution in [2.24, 2.45) is 0 Å². The van der Waals surface area contributed by atoms with Gasteiger partial charge in [0, 0.05) is 11.8 Å². The number of halogens is 1. The summed E-state index contributed by atoms with van der Waals surface area (Å²) in [5.74, 6) is 1.12. The van der Waals surface area contributed by atoms with Crippen LogP contribution in [-0.4, -0.2) is 5.88 Å². The lowest BCUT2D eigenvalue weighted by molar-refractivity contribution is 0.878. The molecule has 2 rings (SSSR count). The number of hydrogen-bond donors (Lipinski definition) is 0. The standard InChI is InChI=1S/C13H12Cl/c14-10-4-3-6-12-9-8-11-5-1-2-7-13(11)12/h1,3-5,7-9,12H,6,10H2. The topological polar surface area (TPSA) is 0 Å². The Bertz CT molecular complexity index is 363. The van der Waals surface area contributed by atoms with Crippen LogP contribution in [0.25, 0.3) is 6.08 Å². The van der Waals surface area contributed by atoms with Crippen LogP contribution in [0.5, 0.6) is 0 Å². The van der Waals surface area contributed by atoms with Gasteiger partial charge in [-0.05, 0) is 29.7 Å². The third-order valence-corrected chi connectivity index (χ3v) is 2.66. The fraction of sp³-hybridized carbons (Fsp3) is 0.231. The highest BCUT2D eigenvalue weighted by Crippen LogP contribution is 2.32. The molecule has 0 bridgehead atoms. The van der Waals surface area contributed by atoms with Gasteiger partial charge in [-0.3, -0.25) is 0 Å². The maximum Gasteiger partial charge on any atom is 0.0404 e. The van der Waals surface area contributed by atoms with Crippen molar-refractivity contribution in [2.75, 3.05) is 5.88 Å². The van der Waals surface area contributed by atoms with E-state index in [9.17, 15) is 0 Å². The van der Waals surface area contributed by atoms with Gasteiger partial charge >= 0.3 is 0 Å². The van der Waals surface area contributed by atoms with Crippen LogP contribution in [0.2, 0.25) is 0 Å². The van der Waals surface area contributed by atoms with Crippen LogP contribution >= 0.6 is 11.6 Å². The van der Waals surface area contributed by atoms with Gasteiger partial charge < -0.3 is 0 Å². The van der Waals surface area contributed by atoms with Crippen LogP contribution in [0, 0.1) is 6.07 Å². The number of allylic oxidation sites excluding steroid dienone is 3. The first-order chi connectivity index (χ1) is 6.92. The van der Waals surface area contributed by atoms with Gasteiger partial charge in [0.1, 0.15) is 0 Å². The van der Waals surface area contributed by atoms with E-state index in [0.29, 0.717) is 11.8 Å². The third kappa shape index (κ3) is 1.91. The van der Waals surface area contributed by atoms with Crippen LogP contribution < -0.4 is 0 Å². The second-order valence-corrected chi connectivity index (χ2v) is 3.69. The van der Waals surface area contributed by atoms with Crippen molar-refractivity contribution in [3.05, 3.63) is 53.6 Å². The zero-order valence-corrected chi connectivity index (χ0v) is 8.67. The van der Waals surface area contributed by atoms with Crippen molar-refractivity contribution in [3.8, 4) is 0 Å². The minimum atomic E-state index is 0.516. The summed E-state index contributed by atoms with van der Waals surface area (Å²) in [7, 11) is 0. The minimum Gasteiger partial charge on any atom is -0.122 e. The molecule has 0 spiro atoms. The Morgan fingerprint density at radius 1 is 1.43 bits per heavy atom. The molecule has 0 nitrogen and oxygen atoms in total. The fourth-order valence-electron chi connectivity index (χ4n) is 1.76. The maximum absolute atomic E-state index is 5.58. The lowest BCUT2D eigenvalue weighted by atomic mass is 9.98. The molecule has 1 heteroatoms. The summed E-state index contributed by atoms with van der Waals surface area (Å²) in [6, 6.07) is 9.27. The first kappa shape index (κ1) is 9.54. The zero-order chi connectivity index (χ0) is 9.80. The molecule has 0 aromatic heterocycles. The van der Waals surface area contributed by atoms with E-state index in [1.807, 2.05) is 12.1 Å². The molecular formula is C13H12Cl. The summed E-state index contributed by atoms with van der Waals surface area (Å²) >= 11 is 5.58. The first-order valence-corrected chi connectivity index (χ1v) is 5.34. The summed E-state index contributed by atoms with van der Waals surface area (Å²) in [5.41, 5.74) is 2.71. The average molecular weight is 204 g/mol. The molecule has 0 heterocycles. The molecule has 1 aliphatic rings. The van der Waals surface area contributed by atoms with E-state index in [0.717, 1.165) is 6.42 Å². The second kappa shape index (κ2) is 4.47. The van der Waals surface area contributed by atoms with Crippen molar-refractivity contribution in [2.45, 2.75) is 12.3 Å². The number of hydrogen-bond acceptors (Lipinski definition) is 0. The highest BCUT2D eigenvalue weighted by atomic mass is 35.5. The van der Waals surface area contributed by atoms with Gasteiger partial charge in [0.05, 0.1) is 0 Å². The summed E-state index contributed by atoms with van der Waals surface area (Å²) < 4.78 is 0. The summed E-state index contributed by atoms with van der Waals surface area (Å²) in [6.45, 7) is 0. The van der Waals surface area contributed by atoms with Crippen molar-refractivity contribution >= 4 is 17.7 Å². The molecule has 1 atom stereocenters. The molecule has 1 radical (unpaired) electrons. The molecule has 0 N–H and O–H groups in total. The monoisotopic (exact) mass is 203 g/mol. The van der Waals surface area contributed by atoms with Crippen LogP contribution in [0.4, 0.5) is 0 Å². The number of fused-ring (bicyclic) bond motifs is 1. The number of alkyl halides is 1. The van der Waals surface area contributed by atoms with E-state index in [1.165, 1.54) is 11.1 Å². The summed E-state index contributed by atoms with van der Waals surface area (Å²) in [4.78, 5) is 0. The van der Waals surface area contributed by atoms with Crippen molar-refractivity contribution in [3.63, 3.8) is 0 Å². The molecule has 0 amide bonds. The van der Waals surface area contributed by atoms with Crippen LogP contribution in [0.3, 0.4) is 0 Å². The Labute approximate surface area is 89.9 Å². The van der Waals surface area contributed by atoms with E-state index in [1.54, 1.807) is 0 Å².